The van der Waals surface area contributed by atoms with Gasteiger partial charge in [0.2, 0.25) is 5.52 Å². The van der Waals surface area contributed by atoms with E-state index in [1.165, 1.54) is 58.7 Å². The third kappa shape index (κ3) is 2.37. The summed E-state index contributed by atoms with van der Waals surface area (Å²) >= 11 is 1.88. The van der Waals surface area contributed by atoms with Crippen LogP contribution in [0.1, 0.15) is 5.56 Å². The highest BCUT2D eigenvalue weighted by Gasteiger charge is 2.22. The maximum Gasteiger partial charge on any atom is 0.270 e. The third-order valence-corrected chi connectivity index (χ3v) is 7.97. The summed E-state index contributed by atoms with van der Waals surface area (Å²) in [5, 5.41) is 8.70. The second-order valence-corrected chi connectivity index (χ2v) is 9.53. The molecule has 2 aromatic heterocycles. The maximum atomic E-state index is 6.23. The average molecular weight is 431 g/mol. The first-order valence-corrected chi connectivity index (χ1v) is 11.7. The number of fused-ring (bicyclic) bond motifs is 8. The fourth-order valence-corrected chi connectivity index (χ4v) is 6.42. The van der Waals surface area contributed by atoms with Crippen LogP contribution in [0, 0.1) is 6.92 Å². The Morgan fingerprint density at radius 3 is 2.41 bits per heavy atom. The van der Waals surface area contributed by atoms with E-state index in [1.54, 1.807) is 0 Å². The van der Waals surface area contributed by atoms with Crippen molar-refractivity contribution in [3.63, 3.8) is 0 Å². The number of hydrogen-bond donors (Lipinski definition) is 0. The van der Waals surface area contributed by atoms with E-state index in [1.807, 2.05) is 23.5 Å². The van der Waals surface area contributed by atoms with E-state index >= 15 is 0 Å². The summed E-state index contributed by atoms with van der Waals surface area (Å²) in [6.45, 7) is 2.19. The zero-order chi connectivity index (χ0) is 21.4. The Hall–Kier alpha value is -3.69. The van der Waals surface area contributed by atoms with Gasteiger partial charge in [-0.1, -0.05) is 59.9 Å². The van der Waals surface area contributed by atoms with E-state index in [0.717, 1.165) is 11.2 Å². The van der Waals surface area contributed by atoms with Gasteiger partial charge in [-0.15, -0.1) is 0 Å². The Kier molecular flexibility index (Phi) is 3.59. The highest BCUT2D eigenvalue weighted by Crippen LogP contribution is 2.40. The number of hydrogen-bond acceptors (Lipinski definition) is 2. The molecule has 0 spiro atoms. The van der Waals surface area contributed by atoms with Gasteiger partial charge in [-0.3, -0.25) is 0 Å². The number of nitrogens with zero attached hydrogens (tertiary/aromatic N) is 1. The monoisotopic (exact) mass is 430 g/mol. The third-order valence-electron chi connectivity index (χ3n) is 6.67. The summed E-state index contributed by atoms with van der Waals surface area (Å²) in [6, 6.07) is 30.4. The predicted octanol–water partition coefficient (Wildman–Crippen LogP) is 7.91. The largest absolute Gasteiger partial charge is 0.456 e. The molecule has 0 unspecified atom stereocenters. The molecule has 2 heterocycles. The van der Waals surface area contributed by atoms with Crippen LogP contribution in [-0.4, -0.2) is 0 Å². The second-order valence-electron chi connectivity index (χ2n) is 8.53. The molecule has 5 aromatic carbocycles. The van der Waals surface area contributed by atoms with Crippen LogP contribution >= 0.6 is 11.3 Å². The molecule has 32 heavy (non-hydrogen) atoms. The fourth-order valence-electron chi connectivity index (χ4n) is 5.02. The second kappa shape index (κ2) is 6.41. The van der Waals surface area contributed by atoms with Crippen LogP contribution in [0.25, 0.3) is 64.3 Å². The lowest BCUT2D eigenvalue weighted by Crippen LogP contribution is -2.28. The molecular weight excluding hydrogens is 410 g/mol. The van der Waals surface area contributed by atoms with Crippen molar-refractivity contribution < 1.29 is 8.98 Å². The van der Waals surface area contributed by atoms with Crippen LogP contribution in [0.2, 0.25) is 0 Å². The normalized spacial score (nSPS) is 12.1. The standard InChI is InChI=1S/C29H20NOS/c1-17-7-3-4-8-20(17)29-30(2)24-14-13-18-11-12-19-15-23-21-9-5-6-10-25(21)31-26(23)16-22(19)27(18)28(24)32-29/h3-16H,1-2H3/q+1. The molecule has 0 saturated heterocycles. The molecule has 0 amide bonds. The minimum atomic E-state index is 0.941. The summed E-state index contributed by atoms with van der Waals surface area (Å²) in [4.78, 5) is 0. The van der Waals surface area contributed by atoms with Crippen molar-refractivity contribution >= 4 is 65.0 Å². The van der Waals surface area contributed by atoms with E-state index in [9.17, 15) is 0 Å². The molecule has 0 atom stereocenters. The summed E-state index contributed by atoms with van der Waals surface area (Å²) in [5.41, 5.74) is 5.75. The Balaban J connectivity index is 1.63. The van der Waals surface area contributed by atoms with Crippen LogP contribution in [0.3, 0.4) is 0 Å². The molecule has 0 aliphatic rings. The molecular formula is C29H20NOS+. The zero-order valence-electron chi connectivity index (χ0n) is 17.8. The maximum absolute atomic E-state index is 6.23. The van der Waals surface area contributed by atoms with Crippen molar-refractivity contribution in [2.45, 2.75) is 6.92 Å². The number of benzene rings is 5. The number of rotatable bonds is 1. The number of aryl methyl sites for hydroxylation is 2. The molecule has 3 heteroatoms. The van der Waals surface area contributed by atoms with Crippen molar-refractivity contribution in [3.05, 3.63) is 90.5 Å². The predicted molar refractivity (Wildman–Crippen MR) is 135 cm³/mol. The van der Waals surface area contributed by atoms with Crippen LogP contribution in [0.4, 0.5) is 0 Å². The number of para-hydroxylation sites is 1. The smallest absolute Gasteiger partial charge is 0.270 e. The molecule has 0 saturated carbocycles. The van der Waals surface area contributed by atoms with E-state index in [0.29, 0.717) is 0 Å². The van der Waals surface area contributed by atoms with E-state index in [2.05, 4.69) is 91.3 Å². The van der Waals surface area contributed by atoms with Gasteiger partial charge in [0.05, 0.1) is 5.56 Å². The first kappa shape index (κ1) is 17.9. The van der Waals surface area contributed by atoms with Crippen molar-refractivity contribution in [1.29, 1.82) is 0 Å². The van der Waals surface area contributed by atoms with E-state index in [4.69, 9.17) is 4.42 Å². The lowest BCUT2D eigenvalue weighted by Gasteiger charge is -2.04. The SMILES string of the molecule is Cc1ccccc1-c1sc2c3c(ccc4cc5c(cc43)oc3ccccc35)ccc2[n+]1C. The Labute approximate surface area is 188 Å². The van der Waals surface area contributed by atoms with Crippen molar-refractivity contribution in [2.75, 3.05) is 0 Å². The Morgan fingerprint density at radius 1 is 0.719 bits per heavy atom. The molecule has 0 bridgehead atoms. The van der Waals surface area contributed by atoms with Gasteiger partial charge < -0.3 is 4.42 Å². The van der Waals surface area contributed by atoms with Gasteiger partial charge in [0.25, 0.3) is 5.01 Å². The van der Waals surface area contributed by atoms with E-state index in [-0.39, 0.29) is 0 Å². The number of thiazole rings is 1. The van der Waals surface area contributed by atoms with Crippen LogP contribution in [0.5, 0.6) is 0 Å². The molecule has 0 aliphatic carbocycles. The molecule has 0 aliphatic heterocycles. The molecule has 0 fully saturated rings. The highest BCUT2D eigenvalue weighted by atomic mass is 32.1. The highest BCUT2D eigenvalue weighted by molar-refractivity contribution is 7.22. The van der Waals surface area contributed by atoms with Gasteiger partial charge in [0.15, 0.2) is 0 Å². The zero-order valence-corrected chi connectivity index (χ0v) is 18.7. The van der Waals surface area contributed by atoms with Crippen LogP contribution in [0.15, 0.2) is 89.3 Å². The lowest BCUT2D eigenvalue weighted by molar-refractivity contribution is -0.629. The Morgan fingerprint density at radius 2 is 1.50 bits per heavy atom. The summed E-state index contributed by atoms with van der Waals surface area (Å²) in [5.74, 6) is 0. The quantitative estimate of drug-likeness (QED) is 0.191. The summed E-state index contributed by atoms with van der Waals surface area (Å²) in [6.07, 6.45) is 0. The van der Waals surface area contributed by atoms with Crippen LogP contribution in [-0.2, 0) is 7.05 Å². The van der Waals surface area contributed by atoms with Gasteiger partial charge in [-0.2, -0.15) is 4.57 Å². The van der Waals surface area contributed by atoms with Crippen molar-refractivity contribution in [1.82, 2.24) is 0 Å². The van der Waals surface area contributed by atoms with E-state index < -0.39 is 0 Å². The van der Waals surface area contributed by atoms with Gasteiger partial charge >= 0.3 is 0 Å². The number of aromatic nitrogens is 1. The van der Waals surface area contributed by atoms with Crippen molar-refractivity contribution in [2.24, 2.45) is 7.05 Å². The first-order valence-electron chi connectivity index (χ1n) is 10.8. The van der Waals surface area contributed by atoms with Gasteiger partial charge in [-0.25, -0.2) is 0 Å². The lowest BCUT2D eigenvalue weighted by atomic mass is 9.99. The molecule has 152 valence electrons. The van der Waals surface area contributed by atoms with Gasteiger partial charge in [-0.05, 0) is 59.0 Å². The average Bonchev–Trinajstić information content (AvgIpc) is 3.35. The molecule has 0 N–H and O–H groups in total. The molecule has 7 rings (SSSR count). The summed E-state index contributed by atoms with van der Waals surface area (Å²) in [7, 11) is 2.18. The fraction of sp³-hybridized carbons (Fsp3) is 0.0690. The minimum absolute atomic E-state index is 0.941. The summed E-state index contributed by atoms with van der Waals surface area (Å²) < 4.78 is 9.89. The van der Waals surface area contributed by atoms with Crippen LogP contribution < -0.4 is 4.57 Å². The van der Waals surface area contributed by atoms with Gasteiger partial charge in [0.1, 0.15) is 22.9 Å². The first-order chi connectivity index (χ1) is 15.7. The number of furan rings is 1. The molecule has 0 radical (unpaired) electrons. The topological polar surface area (TPSA) is 17.0 Å². The Bertz CT molecular complexity index is 1850. The van der Waals surface area contributed by atoms with Gasteiger partial charge in [0, 0.05) is 22.2 Å². The minimum Gasteiger partial charge on any atom is -0.456 e. The molecule has 7 aromatic rings. The van der Waals surface area contributed by atoms with Crippen molar-refractivity contribution in [3.8, 4) is 10.6 Å². The molecule has 2 nitrogen and oxygen atoms in total.